The predicted molar refractivity (Wildman–Crippen MR) is 90.1 cm³/mol. The van der Waals surface area contributed by atoms with Crippen LogP contribution < -0.4 is 5.32 Å². The third kappa shape index (κ3) is 8.16. The highest BCUT2D eigenvalue weighted by Crippen LogP contribution is 2.12. The Morgan fingerprint density at radius 2 is 1.80 bits per heavy atom. The van der Waals surface area contributed by atoms with Crippen LogP contribution in [0, 0.1) is 0 Å². The molecule has 0 amide bonds. The van der Waals surface area contributed by atoms with Crippen LogP contribution in [-0.4, -0.2) is 12.6 Å². The van der Waals surface area contributed by atoms with Gasteiger partial charge in [0.05, 0.1) is 0 Å². The van der Waals surface area contributed by atoms with Crippen LogP contribution >= 0.6 is 0 Å². The summed E-state index contributed by atoms with van der Waals surface area (Å²) in [6.45, 7) is 7.08. The van der Waals surface area contributed by atoms with Gasteiger partial charge in [-0.05, 0) is 50.6 Å². The summed E-state index contributed by atoms with van der Waals surface area (Å²) < 4.78 is 0. The van der Waals surface area contributed by atoms with Crippen molar-refractivity contribution >= 4 is 0 Å². The van der Waals surface area contributed by atoms with Crippen LogP contribution in [0.25, 0.3) is 0 Å². The summed E-state index contributed by atoms with van der Waals surface area (Å²) in [7, 11) is 0. The summed E-state index contributed by atoms with van der Waals surface area (Å²) in [5.74, 6) is 0. The third-order valence-corrected chi connectivity index (χ3v) is 3.81. The van der Waals surface area contributed by atoms with E-state index >= 15 is 0 Å². The van der Waals surface area contributed by atoms with Gasteiger partial charge in [0.2, 0.25) is 0 Å². The molecule has 0 bridgehead atoms. The van der Waals surface area contributed by atoms with Crippen LogP contribution in [0.3, 0.4) is 0 Å². The fraction of sp³-hybridized carbons (Fsp3) is 0.579. The SMILES string of the molecule is C=CCCCCCC(CCCc1ccccc1)NCC. The van der Waals surface area contributed by atoms with Gasteiger partial charge < -0.3 is 5.32 Å². The smallest absolute Gasteiger partial charge is 0.00670 e. The second kappa shape index (κ2) is 11.7. The Morgan fingerprint density at radius 1 is 1.05 bits per heavy atom. The van der Waals surface area contributed by atoms with Gasteiger partial charge in [-0.15, -0.1) is 6.58 Å². The first-order valence-electron chi connectivity index (χ1n) is 8.25. The highest BCUT2D eigenvalue weighted by Gasteiger charge is 2.06. The molecule has 1 unspecified atom stereocenters. The lowest BCUT2D eigenvalue weighted by Crippen LogP contribution is -2.28. The van der Waals surface area contributed by atoms with Crippen LogP contribution in [0.15, 0.2) is 43.0 Å². The van der Waals surface area contributed by atoms with Crippen LogP contribution in [0.2, 0.25) is 0 Å². The van der Waals surface area contributed by atoms with E-state index in [0.717, 1.165) is 6.54 Å². The fourth-order valence-electron chi connectivity index (χ4n) is 2.69. The topological polar surface area (TPSA) is 12.0 Å². The number of aryl methyl sites for hydroxylation is 1. The molecule has 0 aromatic heterocycles. The molecule has 0 aliphatic carbocycles. The lowest BCUT2D eigenvalue weighted by molar-refractivity contribution is 0.432. The van der Waals surface area contributed by atoms with Crippen molar-refractivity contribution in [1.29, 1.82) is 0 Å². The van der Waals surface area contributed by atoms with E-state index in [0.29, 0.717) is 6.04 Å². The standard InChI is InChI=1S/C19H31N/c1-3-5-6-7-11-16-19(20-4-2)17-12-15-18-13-9-8-10-14-18/h3,8-10,13-14,19-20H,1,4-7,11-12,15-17H2,2H3. The molecule has 112 valence electrons. The van der Waals surface area contributed by atoms with Gasteiger partial charge in [0.1, 0.15) is 0 Å². The third-order valence-electron chi connectivity index (χ3n) is 3.81. The molecule has 0 spiro atoms. The van der Waals surface area contributed by atoms with E-state index in [1.165, 1.54) is 56.9 Å². The molecule has 0 saturated carbocycles. The van der Waals surface area contributed by atoms with Gasteiger partial charge in [0.25, 0.3) is 0 Å². The number of benzene rings is 1. The molecule has 0 radical (unpaired) electrons. The minimum atomic E-state index is 0.701. The first-order valence-corrected chi connectivity index (χ1v) is 8.25. The average molecular weight is 273 g/mol. The number of allylic oxidation sites excluding steroid dienone is 1. The molecular weight excluding hydrogens is 242 g/mol. The van der Waals surface area contributed by atoms with Crippen molar-refractivity contribution in [2.75, 3.05) is 6.54 Å². The maximum atomic E-state index is 3.78. The normalized spacial score (nSPS) is 12.2. The van der Waals surface area contributed by atoms with Crippen molar-refractivity contribution < 1.29 is 0 Å². The Bertz CT molecular complexity index is 331. The van der Waals surface area contributed by atoms with Crippen molar-refractivity contribution in [2.24, 2.45) is 0 Å². The first-order chi connectivity index (χ1) is 9.86. The molecule has 1 N–H and O–H groups in total. The zero-order chi connectivity index (χ0) is 14.5. The van der Waals surface area contributed by atoms with Crippen molar-refractivity contribution in [3.05, 3.63) is 48.6 Å². The van der Waals surface area contributed by atoms with E-state index in [1.807, 2.05) is 6.08 Å². The molecule has 1 aromatic rings. The molecule has 1 nitrogen and oxygen atoms in total. The predicted octanol–water partition coefficient (Wildman–Crippen LogP) is 5.12. The summed E-state index contributed by atoms with van der Waals surface area (Å²) in [5, 5.41) is 3.64. The van der Waals surface area contributed by atoms with E-state index in [-0.39, 0.29) is 0 Å². The lowest BCUT2D eigenvalue weighted by Gasteiger charge is -2.17. The number of unbranched alkanes of at least 4 members (excludes halogenated alkanes) is 3. The monoisotopic (exact) mass is 273 g/mol. The van der Waals surface area contributed by atoms with Crippen LogP contribution in [-0.2, 0) is 6.42 Å². The zero-order valence-electron chi connectivity index (χ0n) is 13.1. The minimum Gasteiger partial charge on any atom is -0.314 e. The molecule has 0 heterocycles. The number of rotatable bonds is 12. The molecule has 0 aliphatic heterocycles. The maximum Gasteiger partial charge on any atom is 0.00670 e. The van der Waals surface area contributed by atoms with Gasteiger partial charge in [-0.3, -0.25) is 0 Å². The highest BCUT2D eigenvalue weighted by molar-refractivity contribution is 5.14. The average Bonchev–Trinajstić information content (AvgIpc) is 2.48. The van der Waals surface area contributed by atoms with Gasteiger partial charge in [-0.1, -0.05) is 56.2 Å². The van der Waals surface area contributed by atoms with E-state index in [1.54, 1.807) is 0 Å². The molecule has 1 atom stereocenters. The summed E-state index contributed by atoms with van der Waals surface area (Å²) in [4.78, 5) is 0. The Labute approximate surface area is 125 Å². The molecule has 0 fully saturated rings. The minimum absolute atomic E-state index is 0.701. The van der Waals surface area contributed by atoms with Gasteiger partial charge in [0.15, 0.2) is 0 Å². The second-order valence-electron chi connectivity index (χ2n) is 5.56. The summed E-state index contributed by atoms with van der Waals surface area (Å²) in [6, 6.07) is 11.5. The van der Waals surface area contributed by atoms with E-state index in [4.69, 9.17) is 0 Å². The molecule has 1 heteroatoms. The van der Waals surface area contributed by atoms with E-state index in [9.17, 15) is 0 Å². The lowest BCUT2D eigenvalue weighted by atomic mass is 10.00. The summed E-state index contributed by atoms with van der Waals surface area (Å²) in [5.41, 5.74) is 1.47. The van der Waals surface area contributed by atoms with Gasteiger partial charge in [-0.2, -0.15) is 0 Å². The van der Waals surface area contributed by atoms with Gasteiger partial charge in [0, 0.05) is 6.04 Å². The first kappa shape index (κ1) is 17.0. The Kier molecular flexibility index (Phi) is 9.95. The number of nitrogens with one attached hydrogen (secondary N) is 1. The molecule has 0 aliphatic rings. The molecule has 1 rings (SSSR count). The van der Waals surface area contributed by atoms with Crippen LogP contribution in [0.1, 0.15) is 57.4 Å². The van der Waals surface area contributed by atoms with Crippen LogP contribution in [0.4, 0.5) is 0 Å². The molecule has 1 aromatic carbocycles. The largest absolute Gasteiger partial charge is 0.314 e. The molecular formula is C19H31N. The molecule has 20 heavy (non-hydrogen) atoms. The van der Waals surface area contributed by atoms with Crippen LogP contribution in [0.5, 0.6) is 0 Å². The Morgan fingerprint density at radius 3 is 2.50 bits per heavy atom. The number of hydrogen-bond donors (Lipinski definition) is 1. The zero-order valence-corrected chi connectivity index (χ0v) is 13.1. The quantitative estimate of drug-likeness (QED) is 0.411. The van der Waals surface area contributed by atoms with Crippen molar-refractivity contribution in [1.82, 2.24) is 5.32 Å². The van der Waals surface area contributed by atoms with Crippen molar-refractivity contribution in [3.8, 4) is 0 Å². The van der Waals surface area contributed by atoms with Crippen molar-refractivity contribution in [2.45, 2.75) is 64.3 Å². The van der Waals surface area contributed by atoms with Gasteiger partial charge in [-0.25, -0.2) is 0 Å². The Hall–Kier alpha value is -1.08. The fourth-order valence-corrected chi connectivity index (χ4v) is 2.69. The van der Waals surface area contributed by atoms with E-state index in [2.05, 4.69) is 49.2 Å². The van der Waals surface area contributed by atoms with Crippen molar-refractivity contribution in [3.63, 3.8) is 0 Å². The highest BCUT2D eigenvalue weighted by atomic mass is 14.9. The van der Waals surface area contributed by atoms with Gasteiger partial charge >= 0.3 is 0 Å². The summed E-state index contributed by atoms with van der Waals surface area (Å²) >= 11 is 0. The Balaban J connectivity index is 2.16. The summed E-state index contributed by atoms with van der Waals surface area (Å²) in [6.07, 6.45) is 12.3. The molecule has 0 saturated heterocycles. The number of hydrogen-bond acceptors (Lipinski definition) is 1. The second-order valence-corrected chi connectivity index (χ2v) is 5.56. The van der Waals surface area contributed by atoms with E-state index < -0.39 is 0 Å². The maximum absolute atomic E-state index is 3.78.